The van der Waals surface area contributed by atoms with Gasteiger partial charge in [0.1, 0.15) is 18.5 Å². The Bertz CT molecular complexity index is 336. The number of carbonyl (C=O) groups is 1. The Hall–Kier alpha value is -1.26. The van der Waals surface area contributed by atoms with Gasteiger partial charge in [-0.1, -0.05) is 0 Å². The van der Waals surface area contributed by atoms with E-state index in [0.717, 1.165) is 0 Å². The number of alkyl halides is 1. The van der Waals surface area contributed by atoms with E-state index >= 15 is 0 Å². The summed E-state index contributed by atoms with van der Waals surface area (Å²) in [5, 5.41) is 9.17. The molecule has 0 aliphatic heterocycles. The minimum Gasteiger partial charge on any atom is -0.491 e. The zero-order chi connectivity index (χ0) is 12.0. The highest BCUT2D eigenvalue weighted by atomic mass is 35.5. The standard InChI is InChI=1S/C11H13ClO4/c1-15-11(14)8-2-4-10(5-3-8)16-7-9(13)6-12/h2-5,9,13H,6-7H2,1H3/t9-/m0/s1. The van der Waals surface area contributed by atoms with Crippen molar-refractivity contribution in [2.75, 3.05) is 19.6 Å². The molecule has 0 aliphatic carbocycles. The zero-order valence-corrected chi connectivity index (χ0v) is 9.61. The normalized spacial score (nSPS) is 11.9. The Balaban J connectivity index is 2.54. The van der Waals surface area contributed by atoms with Gasteiger partial charge < -0.3 is 14.6 Å². The van der Waals surface area contributed by atoms with Gasteiger partial charge in [-0.3, -0.25) is 0 Å². The Morgan fingerprint density at radius 2 is 2.06 bits per heavy atom. The molecule has 4 nitrogen and oxygen atoms in total. The van der Waals surface area contributed by atoms with E-state index in [1.807, 2.05) is 0 Å². The predicted octanol–water partition coefficient (Wildman–Crippen LogP) is 1.45. The average molecular weight is 245 g/mol. The van der Waals surface area contributed by atoms with Crippen LogP contribution in [0.25, 0.3) is 0 Å². The van der Waals surface area contributed by atoms with Crippen LogP contribution < -0.4 is 4.74 Å². The molecule has 1 aromatic carbocycles. The van der Waals surface area contributed by atoms with Gasteiger partial charge in [-0.2, -0.15) is 0 Å². The maximum absolute atomic E-state index is 11.1. The maximum atomic E-state index is 11.1. The molecule has 0 bridgehead atoms. The van der Waals surface area contributed by atoms with E-state index in [1.165, 1.54) is 7.11 Å². The van der Waals surface area contributed by atoms with Crippen LogP contribution in [0.2, 0.25) is 0 Å². The Morgan fingerprint density at radius 1 is 1.44 bits per heavy atom. The molecule has 0 aliphatic rings. The Morgan fingerprint density at radius 3 is 2.56 bits per heavy atom. The molecule has 1 N–H and O–H groups in total. The number of hydrogen-bond acceptors (Lipinski definition) is 4. The average Bonchev–Trinajstić information content (AvgIpc) is 2.35. The third-order valence-electron chi connectivity index (χ3n) is 1.90. The van der Waals surface area contributed by atoms with Crippen molar-refractivity contribution in [1.29, 1.82) is 0 Å². The van der Waals surface area contributed by atoms with Crippen molar-refractivity contribution in [3.05, 3.63) is 29.8 Å². The molecular weight excluding hydrogens is 232 g/mol. The molecule has 0 saturated heterocycles. The number of methoxy groups -OCH3 is 1. The van der Waals surface area contributed by atoms with E-state index < -0.39 is 12.1 Å². The fraction of sp³-hybridized carbons (Fsp3) is 0.364. The van der Waals surface area contributed by atoms with E-state index in [-0.39, 0.29) is 12.5 Å². The van der Waals surface area contributed by atoms with Gasteiger partial charge in [-0.25, -0.2) is 4.79 Å². The minimum atomic E-state index is -0.693. The van der Waals surface area contributed by atoms with Gasteiger partial charge in [-0.05, 0) is 24.3 Å². The van der Waals surface area contributed by atoms with E-state index in [0.29, 0.717) is 11.3 Å². The van der Waals surface area contributed by atoms with Crippen LogP contribution in [0.3, 0.4) is 0 Å². The first-order valence-electron chi connectivity index (χ1n) is 4.72. The van der Waals surface area contributed by atoms with E-state index in [2.05, 4.69) is 4.74 Å². The summed E-state index contributed by atoms with van der Waals surface area (Å²) >= 11 is 5.41. The highest BCUT2D eigenvalue weighted by Gasteiger charge is 2.06. The summed E-state index contributed by atoms with van der Waals surface area (Å²) < 4.78 is 9.80. The third kappa shape index (κ3) is 3.72. The summed E-state index contributed by atoms with van der Waals surface area (Å²) in [7, 11) is 1.32. The fourth-order valence-corrected chi connectivity index (χ4v) is 1.13. The number of esters is 1. The van der Waals surface area contributed by atoms with Crippen LogP contribution in [0.1, 0.15) is 10.4 Å². The molecule has 0 radical (unpaired) electrons. The summed E-state index contributed by atoms with van der Waals surface area (Å²) in [4.78, 5) is 11.1. The first kappa shape index (κ1) is 12.8. The Kier molecular flexibility index (Phi) is 5.08. The summed E-state index contributed by atoms with van der Waals surface area (Å²) in [6.07, 6.45) is -0.693. The second-order valence-corrected chi connectivity index (χ2v) is 3.44. The number of halogens is 1. The molecule has 1 aromatic rings. The lowest BCUT2D eigenvalue weighted by Crippen LogP contribution is -2.18. The molecule has 0 amide bonds. The van der Waals surface area contributed by atoms with Crippen molar-refractivity contribution in [3.63, 3.8) is 0 Å². The quantitative estimate of drug-likeness (QED) is 0.629. The van der Waals surface area contributed by atoms with E-state index in [4.69, 9.17) is 21.4 Å². The first-order valence-corrected chi connectivity index (χ1v) is 5.26. The molecular formula is C11H13ClO4. The van der Waals surface area contributed by atoms with Crippen LogP contribution in [-0.4, -0.2) is 36.8 Å². The largest absolute Gasteiger partial charge is 0.491 e. The minimum absolute atomic E-state index is 0.125. The van der Waals surface area contributed by atoms with Gasteiger partial charge in [0.15, 0.2) is 0 Å². The molecule has 16 heavy (non-hydrogen) atoms. The van der Waals surface area contributed by atoms with Gasteiger partial charge in [0.05, 0.1) is 18.6 Å². The molecule has 1 rings (SSSR count). The second-order valence-electron chi connectivity index (χ2n) is 3.14. The van der Waals surface area contributed by atoms with Crippen LogP contribution in [-0.2, 0) is 4.74 Å². The van der Waals surface area contributed by atoms with Crippen molar-refractivity contribution >= 4 is 17.6 Å². The second kappa shape index (κ2) is 6.35. The summed E-state index contributed by atoms with van der Waals surface area (Å²) in [5.41, 5.74) is 0.452. The number of ether oxygens (including phenoxy) is 2. The maximum Gasteiger partial charge on any atom is 0.337 e. The molecule has 0 spiro atoms. The smallest absolute Gasteiger partial charge is 0.337 e. The Labute approximate surface area is 98.7 Å². The van der Waals surface area contributed by atoms with Crippen molar-refractivity contribution in [2.24, 2.45) is 0 Å². The van der Waals surface area contributed by atoms with E-state index in [9.17, 15) is 4.79 Å². The fourth-order valence-electron chi connectivity index (χ4n) is 1.04. The summed E-state index contributed by atoms with van der Waals surface area (Å²) in [6, 6.07) is 6.45. The van der Waals surface area contributed by atoms with Crippen molar-refractivity contribution in [2.45, 2.75) is 6.10 Å². The number of hydrogen-bond donors (Lipinski definition) is 1. The van der Waals surface area contributed by atoms with Gasteiger partial charge in [0.2, 0.25) is 0 Å². The molecule has 5 heteroatoms. The van der Waals surface area contributed by atoms with Crippen molar-refractivity contribution < 1.29 is 19.4 Å². The van der Waals surface area contributed by atoms with Gasteiger partial charge in [0, 0.05) is 0 Å². The lowest BCUT2D eigenvalue weighted by Gasteiger charge is -2.09. The van der Waals surface area contributed by atoms with Crippen molar-refractivity contribution in [3.8, 4) is 5.75 Å². The predicted molar refractivity (Wildman–Crippen MR) is 60.0 cm³/mol. The number of benzene rings is 1. The van der Waals surface area contributed by atoms with Gasteiger partial charge >= 0.3 is 5.97 Å². The van der Waals surface area contributed by atoms with Crippen LogP contribution in [0, 0.1) is 0 Å². The van der Waals surface area contributed by atoms with Gasteiger partial charge in [0.25, 0.3) is 0 Å². The monoisotopic (exact) mass is 244 g/mol. The highest BCUT2D eigenvalue weighted by molar-refractivity contribution is 6.18. The van der Waals surface area contributed by atoms with Crippen LogP contribution in [0.5, 0.6) is 5.75 Å². The SMILES string of the molecule is COC(=O)c1ccc(OC[C@@H](O)CCl)cc1. The lowest BCUT2D eigenvalue weighted by molar-refractivity contribution is 0.0600. The molecule has 0 heterocycles. The number of carbonyl (C=O) groups excluding carboxylic acids is 1. The van der Waals surface area contributed by atoms with Crippen molar-refractivity contribution in [1.82, 2.24) is 0 Å². The first-order chi connectivity index (χ1) is 7.67. The lowest BCUT2D eigenvalue weighted by atomic mass is 10.2. The summed E-state index contributed by atoms with van der Waals surface area (Å²) in [6.45, 7) is 0.126. The molecule has 1 atom stereocenters. The zero-order valence-electron chi connectivity index (χ0n) is 8.85. The number of aliphatic hydroxyl groups excluding tert-OH is 1. The topological polar surface area (TPSA) is 55.8 Å². The number of aliphatic hydroxyl groups is 1. The van der Waals surface area contributed by atoms with Gasteiger partial charge in [-0.15, -0.1) is 11.6 Å². The van der Waals surface area contributed by atoms with E-state index in [1.54, 1.807) is 24.3 Å². The third-order valence-corrected chi connectivity index (χ3v) is 2.25. The molecule has 0 aromatic heterocycles. The van der Waals surface area contributed by atoms with Crippen LogP contribution in [0.15, 0.2) is 24.3 Å². The molecule has 88 valence electrons. The highest BCUT2D eigenvalue weighted by Crippen LogP contribution is 2.13. The van der Waals surface area contributed by atoms with Crippen LogP contribution >= 0.6 is 11.6 Å². The molecule has 0 fully saturated rings. The molecule has 0 saturated carbocycles. The summed E-state index contributed by atoms with van der Waals surface area (Å²) in [5.74, 6) is 0.296. The number of rotatable bonds is 5. The molecule has 0 unspecified atom stereocenters. The van der Waals surface area contributed by atoms with Crippen LogP contribution in [0.4, 0.5) is 0 Å².